The molecule has 0 aromatic heterocycles. The van der Waals surface area contributed by atoms with E-state index in [9.17, 15) is 10.1 Å². The molecular formula is C14H23N3O3S. The van der Waals surface area contributed by atoms with Gasteiger partial charge in [-0.25, -0.2) is 0 Å². The Morgan fingerprint density at radius 3 is 2.48 bits per heavy atom. The first-order valence-electron chi connectivity index (χ1n) is 7.14. The molecule has 0 aliphatic carbocycles. The summed E-state index contributed by atoms with van der Waals surface area (Å²) in [7, 11) is 0. The Balaban J connectivity index is 2.61. The summed E-state index contributed by atoms with van der Waals surface area (Å²) in [5.74, 6) is 1.75. The monoisotopic (exact) mass is 313 g/mol. The molecule has 0 bridgehead atoms. The second kappa shape index (κ2) is 10.3. The lowest BCUT2D eigenvalue weighted by Crippen LogP contribution is -2.09. The van der Waals surface area contributed by atoms with Crippen LogP contribution in [0, 0.1) is 10.1 Å². The molecule has 0 radical (unpaired) electrons. The van der Waals surface area contributed by atoms with E-state index in [1.54, 1.807) is 23.9 Å². The van der Waals surface area contributed by atoms with Gasteiger partial charge in [-0.3, -0.25) is 10.1 Å². The van der Waals surface area contributed by atoms with E-state index >= 15 is 0 Å². The molecule has 118 valence electrons. The number of nitro benzene ring substituents is 1. The maximum absolute atomic E-state index is 11.3. The van der Waals surface area contributed by atoms with E-state index in [1.165, 1.54) is 0 Å². The van der Waals surface area contributed by atoms with Crippen molar-refractivity contribution in [2.24, 2.45) is 0 Å². The van der Waals surface area contributed by atoms with Crippen LogP contribution < -0.4 is 10.6 Å². The molecule has 0 atom stereocenters. The normalized spacial score (nSPS) is 10.4. The smallest absolute Gasteiger partial charge is 0.315 e. The minimum absolute atomic E-state index is 0.103. The molecule has 1 aromatic rings. The van der Waals surface area contributed by atoms with Gasteiger partial charge in [-0.1, -0.05) is 13.0 Å². The maximum atomic E-state index is 11.3. The van der Waals surface area contributed by atoms with Crippen LogP contribution in [0.4, 0.5) is 17.1 Å². The number of thioether (sulfide) groups is 1. The first kappa shape index (κ1) is 17.6. The molecule has 21 heavy (non-hydrogen) atoms. The zero-order valence-electron chi connectivity index (χ0n) is 12.3. The Morgan fingerprint density at radius 1 is 1.24 bits per heavy atom. The number of aliphatic hydroxyl groups excluding tert-OH is 1. The number of hydrogen-bond acceptors (Lipinski definition) is 6. The number of aliphatic hydroxyl groups is 1. The Bertz CT molecular complexity index is 443. The van der Waals surface area contributed by atoms with Crippen molar-refractivity contribution >= 4 is 28.8 Å². The lowest BCUT2D eigenvalue weighted by Gasteiger charge is -2.11. The average Bonchev–Trinajstić information content (AvgIpc) is 2.48. The van der Waals surface area contributed by atoms with E-state index < -0.39 is 0 Å². The minimum Gasteiger partial charge on any atom is -0.396 e. The molecule has 0 spiro atoms. The lowest BCUT2D eigenvalue weighted by atomic mass is 10.2. The van der Waals surface area contributed by atoms with Gasteiger partial charge in [-0.05, 0) is 30.7 Å². The molecule has 1 rings (SSSR count). The predicted molar refractivity (Wildman–Crippen MR) is 89.4 cm³/mol. The zero-order chi connectivity index (χ0) is 15.5. The molecular weight excluding hydrogens is 290 g/mol. The van der Waals surface area contributed by atoms with Gasteiger partial charge in [-0.15, -0.1) is 0 Å². The summed E-state index contributed by atoms with van der Waals surface area (Å²) in [5.41, 5.74) is 1.20. The highest BCUT2D eigenvalue weighted by molar-refractivity contribution is 7.99. The van der Waals surface area contributed by atoms with Gasteiger partial charge in [0.25, 0.3) is 0 Å². The van der Waals surface area contributed by atoms with Crippen LogP contribution in [-0.2, 0) is 0 Å². The van der Waals surface area contributed by atoms with Gasteiger partial charge in [0.2, 0.25) is 0 Å². The van der Waals surface area contributed by atoms with Crippen molar-refractivity contribution in [2.45, 2.75) is 19.8 Å². The number of hydrogen-bond donors (Lipinski definition) is 3. The largest absolute Gasteiger partial charge is 0.396 e. The van der Waals surface area contributed by atoms with E-state index in [2.05, 4.69) is 10.6 Å². The van der Waals surface area contributed by atoms with E-state index in [0.29, 0.717) is 24.5 Å². The number of nitrogens with one attached hydrogen (secondary N) is 2. The van der Waals surface area contributed by atoms with Gasteiger partial charge < -0.3 is 15.7 Å². The summed E-state index contributed by atoms with van der Waals surface area (Å²) in [6.07, 6.45) is 1.69. The first-order chi connectivity index (χ1) is 10.2. The minimum atomic E-state index is -0.348. The molecule has 3 N–H and O–H groups in total. The van der Waals surface area contributed by atoms with Crippen LogP contribution in [-0.4, -0.2) is 41.2 Å². The Labute approximate surface area is 129 Å². The molecule has 0 aliphatic heterocycles. The molecule has 0 saturated heterocycles. The fraction of sp³-hybridized carbons (Fsp3) is 0.571. The Kier molecular flexibility index (Phi) is 8.61. The molecule has 6 nitrogen and oxygen atoms in total. The third-order valence-corrected chi connectivity index (χ3v) is 3.86. The molecule has 0 fully saturated rings. The van der Waals surface area contributed by atoms with Gasteiger partial charge in [0.1, 0.15) is 11.4 Å². The van der Waals surface area contributed by atoms with Crippen LogP contribution in [0.5, 0.6) is 0 Å². The molecule has 0 aliphatic rings. The van der Waals surface area contributed by atoms with Crippen LogP contribution in [0.25, 0.3) is 0 Å². The van der Waals surface area contributed by atoms with Gasteiger partial charge in [0.05, 0.1) is 4.92 Å². The van der Waals surface area contributed by atoms with Crippen molar-refractivity contribution in [3.05, 3.63) is 28.3 Å². The highest BCUT2D eigenvalue weighted by Crippen LogP contribution is 2.32. The average molecular weight is 313 g/mol. The van der Waals surface area contributed by atoms with Crippen LogP contribution in [0.15, 0.2) is 18.2 Å². The number of anilines is 2. The Morgan fingerprint density at radius 2 is 1.90 bits per heavy atom. The van der Waals surface area contributed by atoms with Gasteiger partial charge >= 0.3 is 5.69 Å². The maximum Gasteiger partial charge on any atom is 0.315 e. The fourth-order valence-electron chi connectivity index (χ4n) is 1.81. The molecule has 0 amide bonds. The third kappa shape index (κ3) is 6.22. The molecule has 0 unspecified atom stereocenters. The van der Waals surface area contributed by atoms with Crippen LogP contribution in [0.1, 0.15) is 19.8 Å². The van der Waals surface area contributed by atoms with Crippen LogP contribution >= 0.6 is 11.8 Å². The molecule has 1 aromatic carbocycles. The zero-order valence-corrected chi connectivity index (χ0v) is 13.1. The predicted octanol–water partition coefficient (Wildman–Crippen LogP) is 2.94. The van der Waals surface area contributed by atoms with Crippen molar-refractivity contribution in [1.29, 1.82) is 0 Å². The number of para-hydroxylation sites is 1. The fourth-order valence-corrected chi connectivity index (χ4v) is 2.60. The summed E-state index contributed by atoms with van der Waals surface area (Å²) in [6, 6.07) is 5.27. The molecule has 0 saturated carbocycles. The summed E-state index contributed by atoms with van der Waals surface area (Å²) >= 11 is 1.72. The van der Waals surface area contributed by atoms with E-state index in [0.717, 1.165) is 24.3 Å². The van der Waals surface area contributed by atoms with Crippen molar-refractivity contribution in [3.8, 4) is 0 Å². The highest BCUT2D eigenvalue weighted by Gasteiger charge is 2.18. The van der Waals surface area contributed by atoms with Gasteiger partial charge in [0, 0.05) is 25.4 Å². The second-order valence-corrected chi connectivity index (χ2v) is 5.73. The standard InChI is InChI=1S/C14H23N3O3S/c1-2-7-15-12-5-3-6-13(14(12)17(19)20)16-8-11-21-10-4-9-18/h3,5-6,15-16,18H,2,4,7-11H2,1H3. The number of nitro groups is 1. The topological polar surface area (TPSA) is 87.4 Å². The summed E-state index contributed by atoms with van der Waals surface area (Å²) in [4.78, 5) is 10.9. The highest BCUT2D eigenvalue weighted by atomic mass is 32.2. The number of benzene rings is 1. The van der Waals surface area contributed by atoms with E-state index in [4.69, 9.17) is 5.11 Å². The lowest BCUT2D eigenvalue weighted by molar-refractivity contribution is -0.383. The molecule has 7 heteroatoms. The quantitative estimate of drug-likeness (QED) is 0.331. The first-order valence-corrected chi connectivity index (χ1v) is 8.30. The third-order valence-electron chi connectivity index (χ3n) is 2.79. The van der Waals surface area contributed by atoms with Crippen molar-refractivity contribution in [2.75, 3.05) is 41.8 Å². The Hall–Kier alpha value is -1.47. The van der Waals surface area contributed by atoms with Crippen molar-refractivity contribution < 1.29 is 10.0 Å². The van der Waals surface area contributed by atoms with Crippen molar-refractivity contribution in [1.82, 2.24) is 0 Å². The molecule has 0 heterocycles. The summed E-state index contributed by atoms with van der Waals surface area (Å²) in [6.45, 7) is 3.59. The van der Waals surface area contributed by atoms with Crippen molar-refractivity contribution in [3.63, 3.8) is 0 Å². The van der Waals surface area contributed by atoms with E-state index in [1.807, 2.05) is 13.0 Å². The number of nitrogens with zero attached hydrogens (tertiary/aromatic N) is 1. The van der Waals surface area contributed by atoms with Gasteiger partial charge in [0.15, 0.2) is 0 Å². The van der Waals surface area contributed by atoms with Crippen LogP contribution in [0.3, 0.4) is 0 Å². The summed E-state index contributed by atoms with van der Waals surface area (Å²) in [5, 5.41) is 26.2. The van der Waals surface area contributed by atoms with Crippen LogP contribution in [0.2, 0.25) is 0 Å². The SMILES string of the molecule is CCCNc1cccc(NCCSCCCO)c1[N+](=O)[O-]. The second-order valence-electron chi connectivity index (χ2n) is 4.50. The summed E-state index contributed by atoms with van der Waals surface area (Å²) < 4.78 is 0. The number of rotatable bonds is 11. The van der Waals surface area contributed by atoms with Gasteiger partial charge in [-0.2, -0.15) is 11.8 Å². The van der Waals surface area contributed by atoms with E-state index in [-0.39, 0.29) is 17.2 Å².